The van der Waals surface area contributed by atoms with E-state index in [-0.39, 0.29) is 24.7 Å². The molecule has 1 saturated heterocycles. The molecule has 0 aromatic heterocycles. The normalized spacial score (nSPS) is 44.5. The van der Waals surface area contributed by atoms with Gasteiger partial charge in [0.1, 0.15) is 12.2 Å². The largest absolute Gasteiger partial charge is 0.396 e. The fourth-order valence-corrected chi connectivity index (χ4v) is 2.46. The monoisotopic (exact) mass is 228 g/mol. The molecular formula is C12H20O4. The number of hydrogen-bond acceptors (Lipinski definition) is 4. The van der Waals surface area contributed by atoms with Crippen LogP contribution in [0.1, 0.15) is 26.7 Å². The Morgan fingerprint density at radius 3 is 2.69 bits per heavy atom. The Hall–Kier alpha value is -0.420. The van der Waals surface area contributed by atoms with Gasteiger partial charge in [-0.15, -0.1) is 0 Å². The number of ether oxygens (including phenoxy) is 2. The molecule has 0 spiro atoms. The van der Waals surface area contributed by atoms with Gasteiger partial charge in [0.05, 0.1) is 6.10 Å². The van der Waals surface area contributed by atoms with Crippen LogP contribution in [0.2, 0.25) is 0 Å². The molecule has 2 aliphatic rings. The van der Waals surface area contributed by atoms with E-state index in [2.05, 4.69) is 0 Å². The molecule has 1 heterocycles. The van der Waals surface area contributed by atoms with Gasteiger partial charge >= 0.3 is 0 Å². The highest BCUT2D eigenvalue weighted by atomic mass is 16.8. The summed E-state index contributed by atoms with van der Waals surface area (Å²) in [5.74, 6) is -0.645. The van der Waals surface area contributed by atoms with Crippen LogP contribution >= 0.6 is 0 Å². The van der Waals surface area contributed by atoms with E-state index in [9.17, 15) is 10.2 Å². The maximum Gasteiger partial charge on any atom is 0.163 e. The van der Waals surface area contributed by atoms with Crippen LogP contribution in [0.15, 0.2) is 12.2 Å². The number of aliphatic hydroxyl groups excluding tert-OH is 2. The van der Waals surface area contributed by atoms with Crippen molar-refractivity contribution in [3.8, 4) is 0 Å². The van der Waals surface area contributed by atoms with Crippen LogP contribution in [0.3, 0.4) is 0 Å². The summed E-state index contributed by atoms with van der Waals surface area (Å²) in [5.41, 5.74) is 0. The molecule has 4 atom stereocenters. The lowest BCUT2D eigenvalue weighted by atomic mass is 9.89. The summed E-state index contributed by atoms with van der Waals surface area (Å²) in [6.45, 7) is 3.74. The van der Waals surface area contributed by atoms with Gasteiger partial charge < -0.3 is 19.7 Å². The maximum atomic E-state index is 9.96. The summed E-state index contributed by atoms with van der Waals surface area (Å²) in [6.07, 6.45) is 4.17. The average Bonchev–Trinajstić information content (AvgIpc) is 2.52. The van der Waals surface area contributed by atoms with Crippen LogP contribution in [0.25, 0.3) is 0 Å². The van der Waals surface area contributed by atoms with E-state index < -0.39 is 11.9 Å². The van der Waals surface area contributed by atoms with Crippen LogP contribution in [0.5, 0.6) is 0 Å². The van der Waals surface area contributed by atoms with Crippen LogP contribution in [-0.2, 0) is 9.47 Å². The van der Waals surface area contributed by atoms with Crippen molar-refractivity contribution in [1.82, 2.24) is 0 Å². The predicted molar refractivity (Wildman–Crippen MR) is 58.8 cm³/mol. The van der Waals surface area contributed by atoms with Gasteiger partial charge in [-0.1, -0.05) is 12.2 Å². The summed E-state index contributed by atoms with van der Waals surface area (Å²) in [4.78, 5) is 0. The van der Waals surface area contributed by atoms with Crippen molar-refractivity contribution in [2.24, 2.45) is 5.92 Å². The molecule has 0 amide bonds. The van der Waals surface area contributed by atoms with Gasteiger partial charge in [0, 0.05) is 12.5 Å². The Balaban J connectivity index is 2.22. The molecule has 92 valence electrons. The number of aliphatic hydroxyl groups is 2. The lowest BCUT2D eigenvalue weighted by Gasteiger charge is -2.28. The first-order valence-electron chi connectivity index (χ1n) is 5.85. The van der Waals surface area contributed by atoms with Gasteiger partial charge in [-0.2, -0.15) is 0 Å². The van der Waals surface area contributed by atoms with Gasteiger partial charge in [-0.25, -0.2) is 0 Å². The molecule has 0 aromatic carbocycles. The highest BCUT2D eigenvalue weighted by molar-refractivity contribution is 5.02. The zero-order chi connectivity index (χ0) is 11.8. The fourth-order valence-electron chi connectivity index (χ4n) is 2.46. The molecule has 1 aliphatic heterocycles. The lowest BCUT2D eigenvalue weighted by Crippen LogP contribution is -2.40. The molecule has 2 rings (SSSR count). The van der Waals surface area contributed by atoms with Crippen molar-refractivity contribution < 1.29 is 19.7 Å². The minimum Gasteiger partial charge on any atom is -0.396 e. The van der Waals surface area contributed by atoms with Crippen molar-refractivity contribution in [3.05, 3.63) is 12.2 Å². The number of allylic oxidation sites excluding steroid dienone is 1. The smallest absolute Gasteiger partial charge is 0.163 e. The molecule has 0 bridgehead atoms. The molecule has 0 saturated carbocycles. The second-order valence-corrected chi connectivity index (χ2v) is 5.00. The number of fused-ring (bicyclic) bond motifs is 1. The molecular weight excluding hydrogens is 208 g/mol. The van der Waals surface area contributed by atoms with E-state index in [4.69, 9.17) is 9.47 Å². The van der Waals surface area contributed by atoms with E-state index in [1.807, 2.05) is 19.9 Å². The fraction of sp³-hybridized carbons (Fsp3) is 0.833. The quantitative estimate of drug-likeness (QED) is 0.653. The average molecular weight is 228 g/mol. The van der Waals surface area contributed by atoms with Crippen molar-refractivity contribution in [3.63, 3.8) is 0 Å². The molecule has 1 fully saturated rings. The molecule has 4 nitrogen and oxygen atoms in total. The summed E-state index contributed by atoms with van der Waals surface area (Å²) < 4.78 is 11.5. The maximum absolute atomic E-state index is 9.96. The Labute approximate surface area is 95.9 Å². The molecule has 0 aromatic rings. The standard InChI is InChI=1S/C12H20O4/c1-12(2)15-10-8(7-13)5-3-4-6-9(14)11(10)16-12/h4,6,8-11,13-14H,3,5,7H2,1-2H3/b6-4-/t8-,9-,10+,11-/m0/s1. The van der Waals surface area contributed by atoms with Crippen molar-refractivity contribution in [1.29, 1.82) is 0 Å². The number of rotatable bonds is 1. The zero-order valence-corrected chi connectivity index (χ0v) is 9.80. The first-order valence-corrected chi connectivity index (χ1v) is 5.85. The molecule has 4 heteroatoms. The minimum atomic E-state index is -0.679. The Morgan fingerprint density at radius 1 is 1.31 bits per heavy atom. The summed E-state index contributed by atoms with van der Waals surface area (Å²) in [5, 5.41) is 19.3. The van der Waals surface area contributed by atoms with E-state index in [0.717, 1.165) is 12.8 Å². The highest BCUT2D eigenvalue weighted by Crippen LogP contribution is 2.36. The number of hydrogen-bond donors (Lipinski definition) is 2. The van der Waals surface area contributed by atoms with Crippen molar-refractivity contribution >= 4 is 0 Å². The van der Waals surface area contributed by atoms with Gasteiger partial charge in [0.2, 0.25) is 0 Å². The van der Waals surface area contributed by atoms with Crippen LogP contribution in [0.4, 0.5) is 0 Å². The Bertz CT molecular complexity index is 274. The van der Waals surface area contributed by atoms with Crippen LogP contribution < -0.4 is 0 Å². The topological polar surface area (TPSA) is 58.9 Å². The van der Waals surface area contributed by atoms with Crippen LogP contribution in [0, 0.1) is 5.92 Å². The molecule has 2 N–H and O–H groups in total. The predicted octanol–water partition coefficient (Wildman–Crippen LogP) is 0.826. The molecule has 16 heavy (non-hydrogen) atoms. The van der Waals surface area contributed by atoms with E-state index in [0.29, 0.717) is 0 Å². The van der Waals surface area contributed by atoms with Gasteiger partial charge in [-0.3, -0.25) is 0 Å². The molecule has 1 aliphatic carbocycles. The first kappa shape index (κ1) is 12.0. The lowest BCUT2D eigenvalue weighted by molar-refractivity contribution is -0.156. The van der Waals surface area contributed by atoms with Gasteiger partial charge in [0.15, 0.2) is 5.79 Å². The molecule has 0 unspecified atom stereocenters. The second kappa shape index (κ2) is 4.45. The van der Waals surface area contributed by atoms with E-state index in [1.54, 1.807) is 6.08 Å². The second-order valence-electron chi connectivity index (χ2n) is 5.00. The zero-order valence-electron chi connectivity index (χ0n) is 9.80. The summed E-state index contributed by atoms with van der Waals surface area (Å²) in [6, 6.07) is 0. The van der Waals surface area contributed by atoms with Crippen molar-refractivity contribution in [2.75, 3.05) is 6.61 Å². The summed E-state index contributed by atoms with van der Waals surface area (Å²) >= 11 is 0. The van der Waals surface area contributed by atoms with E-state index in [1.165, 1.54) is 0 Å². The van der Waals surface area contributed by atoms with Crippen molar-refractivity contribution in [2.45, 2.75) is 50.8 Å². The van der Waals surface area contributed by atoms with E-state index >= 15 is 0 Å². The minimum absolute atomic E-state index is 0.0337. The summed E-state index contributed by atoms with van der Waals surface area (Å²) in [7, 11) is 0. The third kappa shape index (κ3) is 2.30. The third-order valence-corrected chi connectivity index (χ3v) is 3.24. The van der Waals surface area contributed by atoms with Gasteiger partial charge in [-0.05, 0) is 26.7 Å². The SMILES string of the molecule is CC1(C)O[C@@H]2[C@H](CO)CC/C=C\[C@H](O)[C@@H]2O1. The highest BCUT2D eigenvalue weighted by Gasteiger charge is 2.47. The molecule has 0 radical (unpaired) electrons. The Kier molecular flexibility index (Phi) is 3.35. The first-order chi connectivity index (χ1) is 7.53. The van der Waals surface area contributed by atoms with Gasteiger partial charge in [0.25, 0.3) is 0 Å². The van der Waals surface area contributed by atoms with Crippen LogP contribution in [-0.4, -0.2) is 40.9 Å². The third-order valence-electron chi connectivity index (χ3n) is 3.24. The Morgan fingerprint density at radius 2 is 2.00 bits per heavy atom.